The van der Waals surface area contributed by atoms with E-state index in [-0.39, 0.29) is 16.8 Å². The number of aromatic nitrogens is 1. The Morgan fingerprint density at radius 3 is 1.93 bits per heavy atom. The van der Waals surface area contributed by atoms with Gasteiger partial charge in [0.25, 0.3) is 0 Å². The smallest absolute Gasteiger partial charge is 0.356 e. The average molecular weight is 378 g/mol. The van der Waals surface area contributed by atoms with E-state index in [1.165, 1.54) is 38.5 Å². The fourth-order valence-corrected chi connectivity index (χ4v) is 2.49. The Kier molecular flexibility index (Phi) is 10.7. The lowest BCUT2D eigenvalue weighted by Crippen LogP contribution is -2.19. The topological polar surface area (TPSA) is 65.5 Å². The summed E-state index contributed by atoms with van der Waals surface area (Å²) < 4.78 is 10.5. The number of carbonyl (C=O) groups excluding carboxylic acids is 2. The van der Waals surface area contributed by atoms with Gasteiger partial charge in [0.05, 0.1) is 13.2 Å². The molecule has 0 spiro atoms. The quantitative estimate of drug-likeness (QED) is 0.351. The molecule has 0 saturated heterocycles. The summed E-state index contributed by atoms with van der Waals surface area (Å²) in [4.78, 5) is 28.2. The second-order valence-corrected chi connectivity index (χ2v) is 8.16. The molecule has 0 aliphatic rings. The van der Waals surface area contributed by atoms with Crippen LogP contribution >= 0.6 is 0 Å². The molecule has 1 heterocycles. The summed E-state index contributed by atoms with van der Waals surface area (Å²) in [5.41, 5.74) is 0.142. The summed E-state index contributed by atoms with van der Waals surface area (Å²) in [6.45, 7) is 8.83. The third-order valence-corrected chi connectivity index (χ3v) is 4.03. The second kappa shape index (κ2) is 12.5. The summed E-state index contributed by atoms with van der Waals surface area (Å²) in [6, 6.07) is 4.71. The zero-order valence-corrected chi connectivity index (χ0v) is 17.4. The maximum atomic E-state index is 12.1. The number of esters is 2. The van der Waals surface area contributed by atoms with E-state index < -0.39 is 11.9 Å². The maximum Gasteiger partial charge on any atom is 0.356 e. The van der Waals surface area contributed by atoms with Gasteiger partial charge in [0.15, 0.2) is 0 Å². The van der Waals surface area contributed by atoms with Gasteiger partial charge >= 0.3 is 11.9 Å². The highest BCUT2D eigenvalue weighted by molar-refractivity contribution is 5.91. The van der Waals surface area contributed by atoms with Crippen molar-refractivity contribution in [3.05, 3.63) is 29.6 Å². The van der Waals surface area contributed by atoms with Crippen molar-refractivity contribution in [3.63, 3.8) is 0 Å². The van der Waals surface area contributed by atoms with Crippen LogP contribution in [-0.4, -0.2) is 30.1 Å². The van der Waals surface area contributed by atoms with Crippen LogP contribution in [-0.2, 0) is 9.47 Å². The van der Waals surface area contributed by atoms with Crippen LogP contribution in [0.1, 0.15) is 100 Å². The molecular formula is C22H35NO4. The molecule has 152 valence electrons. The number of hydrogen-bond acceptors (Lipinski definition) is 5. The lowest BCUT2D eigenvalue weighted by molar-refractivity contribution is 0.0359. The minimum Gasteiger partial charge on any atom is -0.461 e. The number of pyridine rings is 1. The Bertz CT molecular complexity index is 578. The molecular weight excluding hydrogens is 342 g/mol. The van der Waals surface area contributed by atoms with Gasteiger partial charge in [0, 0.05) is 0 Å². The van der Waals surface area contributed by atoms with Crippen LogP contribution in [0.2, 0.25) is 0 Å². The highest BCUT2D eigenvalue weighted by Crippen LogP contribution is 2.14. The summed E-state index contributed by atoms with van der Waals surface area (Å²) >= 11 is 0. The minimum atomic E-state index is -0.525. The number of nitrogens with zero attached hydrogens (tertiary/aromatic N) is 1. The molecule has 1 aromatic rings. The predicted molar refractivity (Wildman–Crippen MR) is 107 cm³/mol. The van der Waals surface area contributed by atoms with Crippen LogP contribution in [0.5, 0.6) is 0 Å². The van der Waals surface area contributed by atoms with Crippen molar-refractivity contribution in [1.82, 2.24) is 4.98 Å². The van der Waals surface area contributed by atoms with E-state index in [4.69, 9.17) is 9.47 Å². The molecule has 0 aromatic carbocycles. The third-order valence-electron chi connectivity index (χ3n) is 4.03. The van der Waals surface area contributed by atoms with E-state index in [0.29, 0.717) is 13.2 Å². The van der Waals surface area contributed by atoms with E-state index in [2.05, 4.69) is 11.9 Å². The molecule has 0 atom stereocenters. The molecule has 0 aliphatic heterocycles. The average Bonchev–Trinajstić information content (AvgIpc) is 2.64. The summed E-state index contributed by atoms with van der Waals surface area (Å²) in [5, 5.41) is 0. The molecule has 1 rings (SSSR count). The SMILES string of the molecule is CCCCCCCCCCOC(=O)c1cccc(C(=O)OCC(C)(C)C)n1. The van der Waals surface area contributed by atoms with E-state index in [9.17, 15) is 9.59 Å². The lowest BCUT2D eigenvalue weighted by Gasteiger charge is -2.17. The second-order valence-electron chi connectivity index (χ2n) is 8.16. The molecule has 0 unspecified atom stereocenters. The van der Waals surface area contributed by atoms with Crippen molar-refractivity contribution >= 4 is 11.9 Å². The van der Waals surface area contributed by atoms with E-state index >= 15 is 0 Å². The van der Waals surface area contributed by atoms with Gasteiger partial charge in [-0.05, 0) is 24.0 Å². The number of hydrogen-bond donors (Lipinski definition) is 0. The van der Waals surface area contributed by atoms with E-state index in [1.54, 1.807) is 18.2 Å². The van der Waals surface area contributed by atoms with Crippen molar-refractivity contribution in [1.29, 1.82) is 0 Å². The van der Waals surface area contributed by atoms with Crippen molar-refractivity contribution in [2.24, 2.45) is 5.41 Å². The van der Waals surface area contributed by atoms with Crippen LogP contribution in [0.4, 0.5) is 0 Å². The predicted octanol–water partition coefficient (Wildman–Crippen LogP) is 5.58. The summed E-state index contributed by atoms with van der Waals surface area (Å²) in [6.07, 6.45) is 9.51. The van der Waals surface area contributed by atoms with Gasteiger partial charge in [0.1, 0.15) is 11.4 Å². The normalized spacial score (nSPS) is 11.3. The molecule has 0 radical (unpaired) electrons. The van der Waals surface area contributed by atoms with Gasteiger partial charge in [-0.15, -0.1) is 0 Å². The monoisotopic (exact) mass is 377 g/mol. The number of ether oxygens (including phenoxy) is 2. The van der Waals surface area contributed by atoms with Crippen molar-refractivity contribution < 1.29 is 19.1 Å². The lowest BCUT2D eigenvalue weighted by atomic mass is 9.99. The zero-order valence-electron chi connectivity index (χ0n) is 17.4. The minimum absolute atomic E-state index is 0.123. The Labute approximate surface area is 163 Å². The number of carbonyl (C=O) groups is 2. The highest BCUT2D eigenvalue weighted by atomic mass is 16.5. The molecule has 1 aromatic heterocycles. The first-order valence-electron chi connectivity index (χ1n) is 10.1. The number of rotatable bonds is 12. The van der Waals surface area contributed by atoms with Crippen molar-refractivity contribution in [3.8, 4) is 0 Å². The summed E-state index contributed by atoms with van der Waals surface area (Å²) in [7, 11) is 0. The number of unbranched alkanes of at least 4 members (excludes halogenated alkanes) is 7. The van der Waals surface area contributed by atoms with E-state index in [0.717, 1.165) is 12.8 Å². The Morgan fingerprint density at radius 2 is 1.37 bits per heavy atom. The Morgan fingerprint density at radius 1 is 0.852 bits per heavy atom. The van der Waals surface area contributed by atoms with Gasteiger partial charge in [0.2, 0.25) is 0 Å². The third kappa shape index (κ3) is 10.7. The van der Waals surface area contributed by atoms with Crippen LogP contribution in [0.25, 0.3) is 0 Å². The van der Waals surface area contributed by atoms with Gasteiger partial charge in [-0.1, -0.05) is 78.7 Å². The molecule has 5 nitrogen and oxygen atoms in total. The first-order valence-corrected chi connectivity index (χ1v) is 10.1. The van der Waals surface area contributed by atoms with Crippen LogP contribution < -0.4 is 0 Å². The highest BCUT2D eigenvalue weighted by Gasteiger charge is 2.17. The fourth-order valence-electron chi connectivity index (χ4n) is 2.49. The summed E-state index contributed by atoms with van der Waals surface area (Å²) in [5.74, 6) is -1.02. The molecule has 27 heavy (non-hydrogen) atoms. The molecule has 0 amide bonds. The zero-order chi connectivity index (χ0) is 20.1. The molecule has 0 saturated carbocycles. The fraction of sp³-hybridized carbons (Fsp3) is 0.682. The van der Waals surface area contributed by atoms with Gasteiger partial charge in [-0.3, -0.25) is 0 Å². The largest absolute Gasteiger partial charge is 0.461 e. The molecule has 5 heteroatoms. The molecule has 0 bridgehead atoms. The molecule has 0 aliphatic carbocycles. The van der Waals surface area contributed by atoms with Crippen molar-refractivity contribution in [2.45, 2.75) is 79.1 Å². The maximum absolute atomic E-state index is 12.1. The van der Waals surface area contributed by atoms with Gasteiger partial charge in [-0.25, -0.2) is 14.6 Å². The Hall–Kier alpha value is -1.91. The first-order chi connectivity index (χ1) is 12.8. The van der Waals surface area contributed by atoms with E-state index in [1.807, 2.05) is 20.8 Å². The van der Waals surface area contributed by atoms with Crippen LogP contribution in [0, 0.1) is 5.41 Å². The molecule has 0 N–H and O–H groups in total. The van der Waals surface area contributed by atoms with Crippen molar-refractivity contribution in [2.75, 3.05) is 13.2 Å². The van der Waals surface area contributed by atoms with Crippen LogP contribution in [0.3, 0.4) is 0 Å². The first kappa shape index (κ1) is 23.1. The standard InChI is InChI=1S/C22H35NO4/c1-5-6-7-8-9-10-11-12-16-26-20(24)18-14-13-15-19(23-18)21(25)27-17-22(2,3)4/h13-15H,5-12,16-17H2,1-4H3. The van der Waals surface area contributed by atoms with Gasteiger partial charge in [-0.2, -0.15) is 0 Å². The van der Waals surface area contributed by atoms with Gasteiger partial charge < -0.3 is 9.47 Å². The Balaban J connectivity index is 2.32. The van der Waals surface area contributed by atoms with Crippen LogP contribution in [0.15, 0.2) is 18.2 Å². The molecule has 0 fully saturated rings.